The van der Waals surface area contributed by atoms with E-state index in [1.165, 1.54) is 0 Å². The lowest BCUT2D eigenvalue weighted by atomic mass is 10.2. The van der Waals surface area contributed by atoms with Gasteiger partial charge in [-0.25, -0.2) is 0 Å². The standard InChI is InChI=1S/C12H16N2O2/c1-8-11(12(15)14(2)3)6-10(7-13-8)16-9-4-5-9/h6-7,9H,4-5H2,1-3H3. The minimum atomic E-state index is -0.0359. The van der Waals surface area contributed by atoms with Crippen LogP contribution in [-0.4, -0.2) is 36.0 Å². The predicted octanol–water partition coefficient (Wildman–Crippen LogP) is 1.63. The number of aryl methyl sites for hydroxylation is 1. The monoisotopic (exact) mass is 220 g/mol. The lowest BCUT2D eigenvalue weighted by molar-refractivity contribution is 0.0826. The van der Waals surface area contributed by atoms with E-state index in [9.17, 15) is 4.79 Å². The van der Waals surface area contributed by atoms with E-state index in [2.05, 4.69) is 4.98 Å². The number of nitrogens with zero attached hydrogens (tertiary/aromatic N) is 2. The molecule has 1 aromatic rings. The Morgan fingerprint density at radius 3 is 2.75 bits per heavy atom. The number of carbonyl (C=O) groups is 1. The highest BCUT2D eigenvalue weighted by Crippen LogP contribution is 2.27. The van der Waals surface area contributed by atoms with Gasteiger partial charge in [0, 0.05) is 14.1 Å². The summed E-state index contributed by atoms with van der Waals surface area (Å²) in [6, 6.07) is 1.78. The van der Waals surface area contributed by atoms with E-state index in [1.807, 2.05) is 6.92 Å². The largest absolute Gasteiger partial charge is 0.489 e. The highest BCUT2D eigenvalue weighted by Gasteiger charge is 2.24. The van der Waals surface area contributed by atoms with E-state index in [0.717, 1.165) is 18.5 Å². The van der Waals surface area contributed by atoms with Gasteiger partial charge in [-0.3, -0.25) is 9.78 Å². The molecule has 1 amide bonds. The highest BCUT2D eigenvalue weighted by molar-refractivity contribution is 5.95. The molecule has 1 fully saturated rings. The Balaban J connectivity index is 2.24. The summed E-state index contributed by atoms with van der Waals surface area (Å²) in [4.78, 5) is 17.6. The van der Waals surface area contributed by atoms with E-state index in [1.54, 1.807) is 31.3 Å². The minimum Gasteiger partial charge on any atom is -0.489 e. The van der Waals surface area contributed by atoms with Crippen LogP contribution in [0.25, 0.3) is 0 Å². The van der Waals surface area contributed by atoms with Crippen LogP contribution >= 0.6 is 0 Å². The van der Waals surface area contributed by atoms with Crippen molar-refractivity contribution in [1.29, 1.82) is 0 Å². The number of rotatable bonds is 3. The smallest absolute Gasteiger partial charge is 0.255 e. The Morgan fingerprint density at radius 2 is 2.19 bits per heavy atom. The average molecular weight is 220 g/mol. The molecule has 0 unspecified atom stereocenters. The molecule has 0 spiro atoms. The molecular weight excluding hydrogens is 204 g/mol. The normalized spacial score (nSPS) is 14.7. The van der Waals surface area contributed by atoms with Gasteiger partial charge in [0.1, 0.15) is 5.75 Å². The third-order valence-corrected chi connectivity index (χ3v) is 2.53. The van der Waals surface area contributed by atoms with Crippen molar-refractivity contribution in [3.8, 4) is 5.75 Å². The van der Waals surface area contributed by atoms with E-state index in [0.29, 0.717) is 17.4 Å². The van der Waals surface area contributed by atoms with Crippen molar-refractivity contribution in [2.75, 3.05) is 14.1 Å². The first-order valence-corrected chi connectivity index (χ1v) is 5.43. The predicted molar refractivity (Wildman–Crippen MR) is 60.6 cm³/mol. The lowest BCUT2D eigenvalue weighted by Crippen LogP contribution is -2.23. The maximum absolute atomic E-state index is 11.8. The zero-order chi connectivity index (χ0) is 11.7. The Labute approximate surface area is 95.2 Å². The summed E-state index contributed by atoms with van der Waals surface area (Å²) in [5, 5.41) is 0. The summed E-state index contributed by atoms with van der Waals surface area (Å²) in [6.07, 6.45) is 4.21. The Kier molecular flexibility index (Phi) is 2.81. The van der Waals surface area contributed by atoms with Crippen LogP contribution < -0.4 is 4.74 Å². The summed E-state index contributed by atoms with van der Waals surface area (Å²) in [6.45, 7) is 1.83. The zero-order valence-corrected chi connectivity index (χ0v) is 9.86. The van der Waals surface area contributed by atoms with Gasteiger partial charge in [-0.1, -0.05) is 0 Å². The van der Waals surface area contributed by atoms with Crippen molar-refractivity contribution >= 4 is 5.91 Å². The topological polar surface area (TPSA) is 42.4 Å². The van der Waals surface area contributed by atoms with Crippen molar-refractivity contribution < 1.29 is 9.53 Å². The molecule has 86 valence electrons. The summed E-state index contributed by atoms with van der Waals surface area (Å²) in [7, 11) is 3.46. The molecule has 4 heteroatoms. The second-order valence-electron chi connectivity index (χ2n) is 4.32. The second kappa shape index (κ2) is 4.12. The van der Waals surface area contributed by atoms with Gasteiger partial charge < -0.3 is 9.64 Å². The number of amides is 1. The highest BCUT2D eigenvalue weighted by atomic mass is 16.5. The molecule has 0 saturated heterocycles. The molecule has 0 atom stereocenters. The molecule has 0 radical (unpaired) electrons. The fourth-order valence-corrected chi connectivity index (χ4v) is 1.41. The Hall–Kier alpha value is -1.58. The first-order chi connectivity index (χ1) is 7.58. The molecule has 1 saturated carbocycles. The summed E-state index contributed by atoms with van der Waals surface area (Å²) < 4.78 is 5.62. The van der Waals surface area contributed by atoms with E-state index in [4.69, 9.17) is 4.74 Å². The first-order valence-electron chi connectivity index (χ1n) is 5.43. The number of hydrogen-bond acceptors (Lipinski definition) is 3. The van der Waals surface area contributed by atoms with Crippen molar-refractivity contribution in [3.05, 3.63) is 23.5 Å². The Morgan fingerprint density at radius 1 is 1.50 bits per heavy atom. The number of pyridine rings is 1. The van der Waals surface area contributed by atoms with Crippen molar-refractivity contribution in [2.45, 2.75) is 25.9 Å². The van der Waals surface area contributed by atoms with E-state index >= 15 is 0 Å². The Bertz CT molecular complexity index is 411. The van der Waals surface area contributed by atoms with Crippen LogP contribution in [0.1, 0.15) is 28.9 Å². The van der Waals surface area contributed by atoms with Gasteiger partial charge in [-0.2, -0.15) is 0 Å². The molecule has 4 nitrogen and oxygen atoms in total. The fraction of sp³-hybridized carbons (Fsp3) is 0.500. The van der Waals surface area contributed by atoms with E-state index in [-0.39, 0.29) is 5.91 Å². The van der Waals surface area contributed by atoms with Gasteiger partial charge in [-0.05, 0) is 25.8 Å². The summed E-state index contributed by atoms with van der Waals surface area (Å²) >= 11 is 0. The molecule has 1 aliphatic rings. The molecule has 2 rings (SSSR count). The van der Waals surface area contributed by atoms with Crippen LogP contribution in [0.3, 0.4) is 0 Å². The molecule has 0 aliphatic heterocycles. The van der Waals surface area contributed by atoms with Gasteiger partial charge >= 0.3 is 0 Å². The third kappa shape index (κ3) is 2.32. The van der Waals surface area contributed by atoms with Crippen molar-refractivity contribution in [1.82, 2.24) is 9.88 Å². The van der Waals surface area contributed by atoms with Crippen LogP contribution in [0.15, 0.2) is 12.3 Å². The van der Waals surface area contributed by atoms with Gasteiger partial charge in [0.15, 0.2) is 0 Å². The summed E-state index contributed by atoms with van der Waals surface area (Å²) in [5.41, 5.74) is 1.35. The van der Waals surface area contributed by atoms with Crippen LogP contribution in [-0.2, 0) is 0 Å². The van der Waals surface area contributed by atoms with Crippen LogP contribution in [0, 0.1) is 6.92 Å². The van der Waals surface area contributed by atoms with Crippen LogP contribution in [0.4, 0.5) is 0 Å². The van der Waals surface area contributed by atoms with Gasteiger partial charge in [0.25, 0.3) is 5.91 Å². The van der Waals surface area contributed by atoms with E-state index < -0.39 is 0 Å². The maximum Gasteiger partial charge on any atom is 0.255 e. The van der Waals surface area contributed by atoms with Crippen molar-refractivity contribution in [2.24, 2.45) is 0 Å². The molecule has 16 heavy (non-hydrogen) atoms. The molecule has 0 bridgehead atoms. The number of hydrogen-bond donors (Lipinski definition) is 0. The summed E-state index contributed by atoms with van der Waals surface area (Å²) in [5.74, 6) is 0.657. The van der Waals surface area contributed by atoms with Crippen LogP contribution in [0.5, 0.6) is 5.75 Å². The van der Waals surface area contributed by atoms with Gasteiger partial charge in [0.2, 0.25) is 0 Å². The number of ether oxygens (including phenoxy) is 1. The molecule has 1 heterocycles. The van der Waals surface area contributed by atoms with Gasteiger partial charge in [-0.15, -0.1) is 0 Å². The molecule has 0 N–H and O–H groups in total. The van der Waals surface area contributed by atoms with Crippen LogP contribution in [0.2, 0.25) is 0 Å². The molecule has 0 aromatic carbocycles. The van der Waals surface area contributed by atoms with Crippen molar-refractivity contribution in [3.63, 3.8) is 0 Å². The first kappa shape index (κ1) is 10.9. The molecular formula is C12H16N2O2. The zero-order valence-electron chi connectivity index (χ0n) is 9.86. The lowest BCUT2D eigenvalue weighted by Gasteiger charge is -2.13. The fourth-order valence-electron chi connectivity index (χ4n) is 1.41. The quantitative estimate of drug-likeness (QED) is 0.777. The van der Waals surface area contributed by atoms with Gasteiger partial charge in [0.05, 0.1) is 23.6 Å². The average Bonchev–Trinajstić information content (AvgIpc) is 3.03. The number of carbonyl (C=O) groups excluding carboxylic acids is 1. The SMILES string of the molecule is Cc1ncc(OC2CC2)cc1C(=O)N(C)C. The third-order valence-electron chi connectivity index (χ3n) is 2.53. The molecule has 1 aromatic heterocycles. The number of aromatic nitrogens is 1. The second-order valence-corrected chi connectivity index (χ2v) is 4.32. The maximum atomic E-state index is 11.8. The minimum absolute atomic E-state index is 0.0359. The molecule has 1 aliphatic carbocycles.